The summed E-state index contributed by atoms with van der Waals surface area (Å²) in [5, 5.41) is 2.33. The largest absolute Gasteiger partial charge is 0.465 e. The minimum atomic E-state index is -0.776. The Hall–Kier alpha value is -2.96. The summed E-state index contributed by atoms with van der Waals surface area (Å²) in [5.41, 5.74) is -0.555. The molecule has 1 aromatic carbocycles. The van der Waals surface area contributed by atoms with Crippen LogP contribution in [-0.2, 0) is 9.53 Å². The number of methoxy groups -OCH3 is 1. The van der Waals surface area contributed by atoms with Crippen LogP contribution in [0.4, 0.5) is 10.1 Å². The fraction of sp³-hybridized carbons (Fsp3) is 0.133. The van der Waals surface area contributed by atoms with E-state index in [1.54, 1.807) is 0 Å². The van der Waals surface area contributed by atoms with Crippen molar-refractivity contribution in [1.29, 1.82) is 0 Å². The summed E-state index contributed by atoms with van der Waals surface area (Å²) in [6, 6.07) is 6.65. The number of hydrogen-bond donors (Lipinski definition) is 1. The lowest BCUT2D eigenvalue weighted by atomic mass is 10.2. The van der Waals surface area contributed by atoms with Crippen LogP contribution in [0.1, 0.15) is 17.3 Å². The van der Waals surface area contributed by atoms with Gasteiger partial charge in [-0.15, -0.1) is 0 Å². The first-order valence-corrected chi connectivity index (χ1v) is 6.31. The van der Waals surface area contributed by atoms with Gasteiger partial charge in [0.05, 0.1) is 24.0 Å². The molecule has 2 rings (SSSR count). The number of halogens is 1. The van der Waals surface area contributed by atoms with Crippen molar-refractivity contribution in [2.45, 2.75) is 6.92 Å². The zero-order valence-electron chi connectivity index (χ0n) is 11.9. The van der Waals surface area contributed by atoms with Crippen LogP contribution in [0, 0.1) is 5.82 Å². The van der Waals surface area contributed by atoms with Crippen LogP contribution in [0.3, 0.4) is 0 Å². The van der Waals surface area contributed by atoms with Crippen molar-refractivity contribution >= 4 is 17.6 Å². The quantitative estimate of drug-likeness (QED) is 0.876. The van der Waals surface area contributed by atoms with Crippen molar-refractivity contribution < 1.29 is 18.7 Å². The number of nitrogens with one attached hydrogen (secondary N) is 1. The van der Waals surface area contributed by atoms with Gasteiger partial charge in [-0.05, 0) is 18.2 Å². The molecule has 22 heavy (non-hydrogen) atoms. The van der Waals surface area contributed by atoms with Crippen molar-refractivity contribution in [3.8, 4) is 5.69 Å². The van der Waals surface area contributed by atoms with Gasteiger partial charge < -0.3 is 10.1 Å². The number of carbonyl (C=O) groups excluding carboxylic acids is 2. The standard InChI is InChI=1S/C15H13FN2O4/c1-9(19)17-11-4-3-5-12(14(11)16)18-8-10(15(21)22-2)6-7-13(18)20/h3-8H,1-2H3,(H,17,19). The SMILES string of the molecule is COC(=O)c1ccc(=O)n(-c2cccc(NC(C)=O)c2F)c1. The molecular formula is C15H13FN2O4. The van der Waals surface area contributed by atoms with Gasteiger partial charge in [-0.2, -0.15) is 0 Å². The lowest BCUT2D eigenvalue weighted by Gasteiger charge is -2.11. The summed E-state index contributed by atoms with van der Waals surface area (Å²) in [6.45, 7) is 1.25. The highest BCUT2D eigenvalue weighted by molar-refractivity contribution is 5.90. The number of rotatable bonds is 3. The van der Waals surface area contributed by atoms with Crippen LogP contribution in [0.5, 0.6) is 0 Å². The van der Waals surface area contributed by atoms with Gasteiger partial charge in [0.1, 0.15) is 0 Å². The number of esters is 1. The first-order chi connectivity index (χ1) is 10.4. The molecule has 0 fully saturated rings. The Bertz CT molecular complexity index is 798. The highest BCUT2D eigenvalue weighted by Gasteiger charge is 2.14. The predicted molar refractivity (Wildman–Crippen MR) is 77.6 cm³/mol. The molecule has 6 nitrogen and oxygen atoms in total. The number of anilines is 1. The summed E-state index contributed by atoms with van der Waals surface area (Å²) in [6.07, 6.45) is 1.18. The molecule has 7 heteroatoms. The summed E-state index contributed by atoms with van der Waals surface area (Å²) in [7, 11) is 1.20. The average Bonchev–Trinajstić information content (AvgIpc) is 2.49. The van der Waals surface area contributed by atoms with Gasteiger partial charge in [-0.25, -0.2) is 9.18 Å². The zero-order chi connectivity index (χ0) is 16.3. The Morgan fingerprint density at radius 3 is 2.59 bits per heavy atom. The van der Waals surface area contributed by atoms with E-state index in [2.05, 4.69) is 10.1 Å². The lowest BCUT2D eigenvalue weighted by molar-refractivity contribution is -0.114. The monoisotopic (exact) mass is 304 g/mol. The molecule has 0 saturated carbocycles. The van der Waals surface area contributed by atoms with E-state index in [9.17, 15) is 18.8 Å². The minimum Gasteiger partial charge on any atom is -0.465 e. The van der Waals surface area contributed by atoms with Gasteiger partial charge in [0.25, 0.3) is 5.56 Å². The Kier molecular flexibility index (Phi) is 4.36. The van der Waals surface area contributed by atoms with E-state index in [0.717, 1.165) is 10.6 Å². The molecule has 1 aromatic heterocycles. The number of nitrogens with zero attached hydrogens (tertiary/aromatic N) is 1. The molecule has 114 valence electrons. The minimum absolute atomic E-state index is 0.0552. The Morgan fingerprint density at radius 2 is 1.95 bits per heavy atom. The maximum Gasteiger partial charge on any atom is 0.339 e. The number of pyridine rings is 1. The maximum absolute atomic E-state index is 14.4. The predicted octanol–water partition coefficient (Wildman–Crippen LogP) is 1.72. The van der Waals surface area contributed by atoms with Crippen molar-refractivity contribution in [2.75, 3.05) is 12.4 Å². The maximum atomic E-state index is 14.4. The lowest BCUT2D eigenvalue weighted by Crippen LogP contribution is -2.20. The summed E-state index contributed by atoms with van der Waals surface area (Å²) < 4.78 is 20.0. The summed E-state index contributed by atoms with van der Waals surface area (Å²) >= 11 is 0. The van der Waals surface area contributed by atoms with Gasteiger partial charge in [0.15, 0.2) is 5.82 Å². The molecule has 0 unspecified atom stereocenters. The highest BCUT2D eigenvalue weighted by Crippen LogP contribution is 2.20. The molecule has 2 aromatic rings. The zero-order valence-corrected chi connectivity index (χ0v) is 11.9. The third kappa shape index (κ3) is 3.03. The molecule has 0 spiro atoms. The van der Waals surface area contributed by atoms with Crippen molar-refractivity contribution in [1.82, 2.24) is 4.57 Å². The third-order valence-corrected chi connectivity index (χ3v) is 2.88. The van der Waals surface area contributed by atoms with E-state index >= 15 is 0 Å². The first-order valence-electron chi connectivity index (χ1n) is 6.31. The van der Waals surface area contributed by atoms with E-state index in [1.807, 2.05) is 0 Å². The van der Waals surface area contributed by atoms with Gasteiger partial charge >= 0.3 is 5.97 Å². The van der Waals surface area contributed by atoms with Gasteiger partial charge in [0.2, 0.25) is 5.91 Å². The molecule has 0 aliphatic rings. The molecule has 0 aliphatic heterocycles. The van der Waals surface area contributed by atoms with Crippen LogP contribution < -0.4 is 10.9 Å². The van der Waals surface area contributed by atoms with Crippen LogP contribution in [0.15, 0.2) is 41.3 Å². The summed E-state index contributed by atoms with van der Waals surface area (Å²) in [5.74, 6) is -1.86. The molecule has 0 saturated heterocycles. The van der Waals surface area contributed by atoms with Crippen LogP contribution >= 0.6 is 0 Å². The van der Waals surface area contributed by atoms with E-state index in [-0.39, 0.29) is 16.9 Å². The number of aromatic nitrogens is 1. The number of hydrogen-bond acceptors (Lipinski definition) is 4. The second-order valence-electron chi connectivity index (χ2n) is 4.44. The van der Waals surface area contributed by atoms with Gasteiger partial charge in [-0.3, -0.25) is 14.2 Å². The molecule has 0 radical (unpaired) electrons. The van der Waals surface area contributed by atoms with Crippen molar-refractivity contribution in [3.63, 3.8) is 0 Å². The smallest absolute Gasteiger partial charge is 0.339 e. The Balaban J connectivity index is 2.59. The number of carbonyl (C=O) groups is 2. The van der Waals surface area contributed by atoms with Crippen LogP contribution in [-0.4, -0.2) is 23.6 Å². The molecule has 1 heterocycles. The molecule has 0 bridgehead atoms. The van der Waals surface area contributed by atoms with Crippen LogP contribution in [0.2, 0.25) is 0 Å². The Morgan fingerprint density at radius 1 is 1.23 bits per heavy atom. The molecule has 0 aliphatic carbocycles. The Labute approximate surface area is 125 Å². The second kappa shape index (κ2) is 6.21. The van der Waals surface area contributed by atoms with E-state index in [4.69, 9.17) is 0 Å². The normalized spacial score (nSPS) is 10.1. The van der Waals surface area contributed by atoms with E-state index < -0.39 is 23.3 Å². The first kappa shape index (κ1) is 15.4. The third-order valence-electron chi connectivity index (χ3n) is 2.88. The second-order valence-corrected chi connectivity index (χ2v) is 4.44. The van der Waals surface area contributed by atoms with Gasteiger partial charge in [0, 0.05) is 19.2 Å². The molecule has 0 atom stereocenters. The number of ether oxygens (including phenoxy) is 1. The van der Waals surface area contributed by atoms with Gasteiger partial charge in [-0.1, -0.05) is 6.07 Å². The highest BCUT2D eigenvalue weighted by atomic mass is 19.1. The molecular weight excluding hydrogens is 291 g/mol. The molecule has 1 N–H and O–H groups in total. The van der Waals surface area contributed by atoms with Crippen molar-refractivity contribution in [3.05, 3.63) is 58.3 Å². The average molecular weight is 304 g/mol. The van der Waals surface area contributed by atoms with E-state index in [1.165, 1.54) is 44.5 Å². The fourth-order valence-electron chi connectivity index (χ4n) is 1.91. The summed E-state index contributed by atoms with van der Waals surface area (Å²) in [4.78, 5) is 34.5. The number of amides is 1. The van der Waals surface area contributed by atoms with E-state index in [0.29, 0.717) is 0 Å². The fourth-order valence-corrected chi connectivity index (χ4v) is 1.91. The van der Waals surface area contributed by atoms with Crippen LogP contribution in [0.25, 0.3) is 5.69 Å². The topological polar surface area (TPSA) is 77.4 Å². The molecule has 1 amide bonds. The van der Waals surface area contributed by atoms with Crippen molar-refractivity contribution in [2.24, 2.45) is 0 Å². The number of benzene rings is 1.